The molecule has 2 amide bonds. The van der Waals surface area contributed by atoms with Crippen molar-refractivity contribution in [3.8, 4) is 5.75 Å². The van der Waals surface area contributed by atoms with Crippen molar-refractivity contribution in [1.82, 2.24) is 25.0 Å². The lowest BCUT2D eigenvalue weighted by Gasteiger charge is -2.17. The summed E-state index contributed by atoms with van der Waals surface area (Å²) in [6, 6.07) is 7.43. The molecular weight excluding hydrogens is 388 g/mol. The summed E-state index contributed by atoms with van der Waals surface area (Å²) >= 11 is 0. The first-order chi connectivity index (χ1) is 14.6. The number of ether oxygens (including phenoxy) is 1. The Bertz CT molecular complexity index is 1000. The van der Waals surface area contributed by atoms with Gasteiger partial charge in [-0.3, -0.25) is 19.0 Å². The van der Waals surface area contributed by atoms with Crippen LogP contribution in [0.25, 0.3) is 0 Å². The number of benzene rings is 1. The van der Waals surface area contributed by atoms with Gasteiger partial charge in [0.2, 0.25) is 17.5 Å². The van der Waals surface area contributed by atoms with Gasteiger partial charge in [0.1, 0.15) is 5.75 Å². The quantitative estimate of drug-likeness (QED) is 0.661. The molecule has 1 saturated heterocycles. The van der Waals surface area contributed by atoms with Gasteiger partial charge in [0.25, 0.3) is 11.5 Å². The maximum Gasteiger partial charge on any atom is 0.286 e. The molecule has 10 heteroatoms. The van der Waals surface area contributed by atoms with Crippen molar-refractivity contribution in [1.29, 1.82) is 0 Å². The van der Waals surface area contributed by atoms with Crippen LogP contribution in [0.3, 0.4) is 0 Å². The van der Waals surface area contributed by atoms with Gasteiger partial charge < -0.3 is 19.9 Å². The minimum atomic E-state index is -0.543. The van der Waals surface area contributed by atoms with E-state index >= 15 is 0 Å². The number of carbonyl (C=O) groups is 2. The summed E-state index contributed by atoms with van der Waals surface area (Å²) in [5, 5.41) is 10.7. The Labute approximate surface area is 173 Å². The number of amides is 2. The molecule has 4 rings (SSSR count). The van der Waals surface area contributed by atoms with Gasteiger partial charge >= 0.3 is 0 Å². The van der Waals surface area contributed by atoms with Gasteiger partial charge in [-0.1, -0.05) is 0 Å². The highest BCUT2D eigenvalue weighted by atomic mass is 16.5. The Morgan fingerprint density at radius 2 is 1.93 bits per heavy atom. The predicted molar refractivity (Wildman–Crippen MR) is 109 cm³/mol. The maximum atomic E-state index is 12.8. The number of nitrogens with one attached hydrogen (secondary N) is 1. The molecule has 2 aromatic rings. The van der Waals surface area contributed by atoms with E-state index < -0.39 is 11.5 Å². The van der Waals surface area contributed by atoms with E-state index in [1.165, 1.54) is 4.57 Å². The molecule has 0 unspecified atom stereocenters. The zero-order chi connectivity index (χ0) is 21.1. The van der Waals surface area contributed by atoms with Gasteiger partial charge in [-0.15, -0.1) is 10.2 Å². The number of rotatable bonds is 7. The SMILES string of the molecule is COc1ccc(N2CCn3c2nnc(C(=O)NCCCN2CCCC2=O)c3=O)cc1. The minimum Gasteiger partial charge on any atom is -0.497 e. The number of hydrogen-bond acceptors (Lipinski definition) is 7. The highest BCUT2D eigenvalue weighted by molar-refractivity contribution is 5.91. The van der Waals surface area contributed by atoms with E-state index in [0.29, 0.717) is 45.0 Å². The summed E-state index contributed by atoms with van der Waals surface area (Å²) in [6.07, 6.45) is 2.12. The van der Waals surface area contributed by atoms with Crippen LogP contribution in [0.4, 0.5) is 11.6 Å². The molecule has 1 fully saturated rings. The van der Waals surface area contributed by atoms with E-state index in [0.717, 1.165) is 24.4 Å². The van der Waals surface area contributed by atoms with E-state index in [1.807, 2.05) is 29.2 Å². The number of carbonyl (C=O) groups excluding carboxylic acids is 2. The van der Waals surface area contributed by atoms with E-state index in [9.17, 15) is 14.4 Å². The molecule has 10 nitrogen and oxygen atoms in total. The maximum absolute atomic E-state index is 12.8. The Kier molecular flexibility index (Phi) is 5.64. The Morgan fingerprint density at radius 3 is 2.63 bits per heavy atom. The number of aromatic nitrogens is 3. The highest BCUT2D eigenvalue weighted by Crippen LogP contribution is 2.28. The second kappa shape index (κ2) is 8.52. The largest absolute Gasteiger partial charge is 0.497 e. The van der Waals surface area contributed by atoms with Gasteiger partial charge in [-0.25, -0.2) is 0 Å². The second-order valence-corrected chi connectivity index (χ2v) is 7.25. The number of anilines is 2. The van der Waals surface area contributed by atoms with E-state index in [4.69, 9.17) is 4.74 Å². The molecule has 1 N–H and O–H groups in total. The van der Waals surface area contributed by atoms with Crippen molar-refractivity contribution in [3.05, 3.63) is 40.3 Å². The summed E-state index contributed by atoms with van der Waals surface area (Å²) in [7, 11) is 1.60. The minimum absolute atomic E-state index is 0.158. The summed E-state index contributed by atoms with van der Waals surface area (Å²) in [5.41, 5.74) is 0.195. The molecule has 0 atom stereocenters. The highest BCUT2D eigenvalue weighted by Gasteiger charge is 2.27. The molecule has 2 aliphatic rings. The van der Waals surface area contributed by atoms with Gasteiger partial charge in [0.05, 0.1) is 7.11 Å². The van der Waals surface area contributed by atoms with Crippen molar-refractivity contribution in [2.24, 2.45) is 0 Å². The topological polar surface area (TPSA) is 110 Å². The van der Waals surface area contributed by atoms with Crippen molar-refractivity contribution >= 4 is 23.5 Å². The fourth-order valence-corrected chi connectivity index (χ4v) is 3.76. The molecule has 30 heavy (non-hydrogen) atoms. The summed E-state index contributed by atoms with van der Waals surface area (Å²) in [6.45, 7) is 2.72. The zero-order valence-corrected chi connectivity index (χ0v) is 16.8. The second-order valence-electron chi connectivity index (χ2n) is 7.25. The lowest BCUT2D eigenvalue weighted by atomic mass is 10.3. The lowest BCUT2D eigenvalue weighted by Crippen LogP contribution is -2.36. The third-order valence-electron chi connectivity index (χ3n) is 5.38. The van der Waals surface area contributed by atoms with Crippen LogP contribution in [0, 0.1) is 0 Å². The first-order valence-corrected chi connectivity index (χ1v) is 10.0. The molecule has 1 aromatic heterocycles. The fourth-order valence-electron chi connectivity index (χ4n) is 3.76. The molecule has 0 radical (unpaired) electrons. The number of likely N-dealkylation sites (tertiary alicyclic amines) is 1. The van der Waals surface area contributed by atoms with Crippen molar-refractivity contribution in [3.63, 3.8) is 0 Å². The Morgan fingerprint density at radius 1 is 1.13 bits per heavy atom. The number of nitrogens with zero attached hydrogens (tertiary/aromatic N) is 5. The standard InChI is InChI=1S/C20H24N6O4/c1-30-15-7-5-14(6-8-15)25-12-13-26-19(29)17(22-23-20(25)26)18(28)21-9-3-11-24-10-2-4-16(24)27/h5-8H,2-4,9-13H2,1H3,(H,21,28). The number of fused-ring (bicyclic) bond motifs is 1. The molecule has 0 saturated carbocycles. The van der Waals surface area contributed by atoms with E-state index in [2.05, 4.69) is 15.5 Å². The molecule has 3 heterocycles. The first-order valence-electron chi connectivity index (χ1n) is 10.0. The average Bonchev–Trinajstić information content (AvgIpc) is 3.38. The molecule has 0 aliphatic carbocycles. The van der Waals surface area contributed by atoms with Crippen LogP contribution in [0.1, 0.15) is 29.8 Å². The first kappa shape index (κ1) is 19.9. The van der Waals surface area contributed by atoms with E-state index in [1.54, 1.807) is 12.0 Å². The monoisotopic (exact) mass is 412 g/mol. The van der Waals surface area contributed by atoms with Gasteiger partial charge in [-0.2, -0.15) is 0 Å². The Hall–Kier alpha value is -3.43. The average molecular weight is 412 g/mol. The molecule has 0 bridgehead atoms. The van der Waals surface area contributed by atoms with Crippen molar-refractivity contribution in [2.75, 3.05) is 38.2 Å². The van der Waals surface area contributed by atoms with Crippen molar-refractivity contribution < 1.29 is 14.3 Å². The van der Waals surface area contributed by atoms with E-state index in [-0.39, 0.29) is 11.6 Å². The molecule has 158 valence electrons. The Balaban J connectivity index is 1.40. The summed E-state index contributed by atoms with van der Waals surface area (Å²) in [4.78, 5) is 40.5. The predicted octanol–water partition coefficient (Wildman–Crippen LogP) is 0.541. The molecule has 0 spiro atoms. The third-order valence-corrected chi connectivity index (χ3v) is 5.38. The number of hydrogen-bond donors (Lipinski definition) is 1. The van der Waals surface area contributed by atoms with Crippen molar-refractivity contribution in [2.45, 2.75) is 25.8 Å². The molecule has 2 aliphatic heterocycles. The third kappa shape index (κ3) is 3.85. The normalized spacial score (nSPS) is 15.4. The smallest absolute Gasteiger partial charge is 0.286 e. The van der Waals surface area contributed by atoms with Crippen LogP contribution < -0.4 is 20.5 Å². The van der Waals surface area contributed by atoms with Gasteiger partial charge in [0.15, 0.2) is 0 Å². The van der Waals surface area contributed by atoms with Crippen LogP contribution in [-0.4, -0.2) is 64.8 Å². The molecule has 1 aromatic carbocycles. The van der Waals surface area contributed by atoms with Gasteiger partial charge in [0, 0.05) is 44.8 Å². The fraction of sp³-hybridized carbons (Fsp3) is 0.450. The van der Waals surface area contributed by atoms with Gasteiger partial charge in [-0.05, 0) is 37.1 Å². The van der Waals surface area contributed by atoms with Crippen LogP contribution in [0.5, 0.6) is 5.75 Å². The summed E-state index contributed by atoms with van der Waals surface area (Å²) < 4.78 is 6.64. The zero-order valence-electron chi connectivity index (χ0n) is 16.8. The van der Waals surface area contributed by atoms with Crippen LogP contribution >= 0.6 is 0 Å². The molecular formula is C20H24N6O4. The van der Waals surface area contributed by atoms with Crippen LogP contribution in [0.2, 0.25) is 0 Å². The lowest BCUT2D eigenvalue weighted by molar-refractivity contribution is -0.127. The van der Waals surface area contributed by atoms with Crippen LogP contribution in [-0.2, 0) is 11.3 Å². The summed E-state index contributed by atoms with van der Waals surface area (Å²) in [5.74, 6) is 0.765. The number of methoxy groups -OCH3 is 1. The van der Waals surface area contributed by atoms with Crippen LogP contribution in [0.15, 0.2) is 29.1 Å².